The highest BCUT2D eigenvalue weighted by atomic mass is 16.7. The minimum absolute atomic E-state index is 0.237. The molecule has 116 valence electrons. The van der Waals surface area contributed by atoms with Crippen molar-refractivity contribution in [1.82, 2.24) is 9.88 Å². The van der Waals surface area contributed by atoms with E-state index in [1.54, 1.807) is 7.11 Å². The second-order valence-corrected chi connectivity index (χ2v) is 5.21. The molecule has 21 heavy (non-hydrogen) atoms. The smallest absolute Gasteiger partial charge is 0.189 e. The molecule has 2 rings (SSSR count). The molecule has 0 spiro atoms. The van der Waals surface area contributed by atoms with E-state index in [9.17, 15) is 0 Å². The number of hydrogen-bond acceptors (Lipinski definition) is 4. The molecule has 0 aliphatic rings. The van der Waals surface area contributed by atoms with Gasteiger partial charge in [0.05, 0.1) is 13.2 Å². The number of likely N-dealkylation sites (N-methyl/N-ethyl adjacent to an activating group) is 1. The zero-order chi connectivity index (χ0) is 15.1. The van der Waals surface area contributed by atoms with Crippen LogP contribution >= 0.6 is 0 Å². The average Bonchev–Trinajstić information content (AvgIpc) is 2.89. The molecule has 1 aromatic carbocycles. The van der Waals surface area contributed by atoms with Crippen molar-refractivity contribution in [2.75, 3.05) is 47.8 Å². The number of benzene rings is 1. The maximum absolute atomic E-state index is 5.76. The fourth-order valence-electron chi connectivity index (χ4n) is 2.19. The van der Waals surface area contributed by atoms with E-state index in [1.165, 1.54) is 5.56 Å². The molecule has 5 heteroatoms. The maximum Gasteiger partial charge on any atom is 0.189 e. The van der Waals surface area contributed by atoms with Gasteiger partial charge in [-0.1, -0.05) is 6.07 Å². The third-order valence-corrected chi connectivity index (χ3v) is 3.31. The summed E-state index contributed by atoms with van der Waals surface area (Å²) in [5, 5.41) is 1.15. The molecule has 0 aliphatic heterocycles. The van der Waals surface area contributed by atoms with Gasteiger partial charge in [-0.2, -0.15) is 0 Å². The van der Waals surface area contributed by atoms with Crippen LogP contribution in [0.15, 0.2) is 24.4 Å². The predicted octanol–water partition coefficient (Wildman–Crippen LogP) is 2.27. The molecule has 0 amide bonds. The van der Waals surface area contributed by atoms with E-state index in [4.69, 9.17) is 14.2 Å². The summed E-state index contributed by atoms with van der Waals surface area (Å²) in [5.41, 5.74) is 2.37. The second-order valence-electron chi connectivity index (χ2n) is 5.21. The van der Waals surface area contributed by atoms with Crippen LogP contribution in [-0.2, 0) is 15.9 Å². The number of rotatable bonds is 9. The van der Waals surface area contributed by atoms with Gasteiger partial charge in [0.1, 0.15) is 5.75 Å². The molecule has 0 radical (unpaired) electrons. The van der Waals surface area contributed by atoms with Gasteiger partial charge in [0.25, 0.3) is 0 Å². The molecule has 0 atom stereocenters. The first-order valence-corrected chi connectivity index (χ1v) is 7.15. The van der Waals surface area contributed by atoms with Gasteiger partial charge in [-0.3, -0.25) is 0 Å². The Morgan fingerprint density at radius 3 is 2.81 bits per heavy atom. The van der Waals surface area contributed by atoms with Crippen molar-refractivity contribution in [2.24, 2.45) is 0 Å². The van der Waals surface area contributed by atoms with Crippen molar-refractivity contribution in [3.8, 4) is 5.75 Å². The van der Waals surface area contributed by atoms with E-state index >= 15 is 0 Å². The summed E-state index contributed by atoms with van der Waals surface area (Å²) < 4.78 is 16.1. The summed E-state index contributed by atoms with van der Waals surface area (Å²) in [4.78, 5) is 5.48. The van der Waals surface area contributed by atoms with Gasteiger partial charge in [-0.05, 0) is 38.2 Å². The van der Waals surface area contributed by atoms with Gasteiger partial charge >= 0.3 is 0 Å². The fourth-order valence-corrected chi connectivity index (χ4v) is 2.19. The van der Waals surface area contributed by atoms with Crippen molar-refractivity contribution >= 4 is 10.9 Å². The topological polar surface area (TPSA) is 46.7 Å². The number of nitrogens with zero attached hydrogens (tertiary/aromatic N) is 1. The Hall–Kier alpha value is -1.56. The second kappa shape index (κ2) is 8.02. The fraction of sp³-hybridized carbons (Fsp3) is 0.500. The number of hydrogen-bond donors (Lipinski definition) is 1. The number of ether oxygens (including phenoxy) is 3. The molecule has 5 nitrogen and oxygen atoms in total. The highest BCUT2D eigenvalue weighted by Gasteiger charge is 2.09. The maximum atomic E-state index is 5.76. The van der Waals surface area contributed by atoms with Crippen LogP contribution in [-0.4, -0.2) is 57.6 Å². The molecular weight excluding hydrogens is 268 g/mol. The Kier molecular flexibility index (Phi) is 6.04. The summed E-state index contributed by atoms with van der Waals surface area (Å²) in [7, 11) is 5.81. The van der Waals surface area contributed by atoms with Gasteiger partial charge in [-0.25, -0.2) is 0 Å². The van der Waals surface area contributed by atoms with Crippen LogP contribution in [0.3, 0.4) is 0 Å². The zero-order valence-electron chi connectivity index (χ0n) is 13.0. The lowest BCUT2D eigenvalue weighted by atomic mass is 10.1. The molecule has 1 N–H and O–H groups in total. The van der Waals surface area contributed by atoms with Crippen LogP contribution in [0, 0.1) is 0 Å². The normalized spacial score (nSPS) is 11.4. The van der Waals surface area contributed by atoms with Crippen molar-refractivity contribution in [3.05, 3.63) is 30.0 Å². The van der Waals surface area contributed by atoms with Crippen LogP contribution < -0.4 is 4.74 Å². The largest absolute Gasteiger partial charge is 0.467 e. The van der Waals surface area contributed by atoms with E-state index < -0.39 is 0 Å². The number of methoxy groups -OCH3 is 1. The van der Waals surface area contributed by atoms with Crippen LogP contribution in [0.25, 0.3) is 10.9 Å². The van der Waals surface area contributed by atoms with Crippen molar-refractivity contribution in [1.29, 1.82) is 0 Å². The third kappa shape index (κ3) is 4.46. The molecule has 0 unspecified atom stereocenters. The molecule has 0 bridgehead atoms. The summed E-state index contributed by atoms with van der Waals surface area (Å²) >= 11 is 0. The lowest BCUT2D eigenvalue weighted by molar-refractivity contribution is -0.00781. The van der Waals surface area contributed by atoms with Gasteiger partial charge in [0.2, 0.25) is 0 Å². The van der Waals surface area contributed by atoms with Gasteiger partial charge in [-0.15, -0.1) is 0 Å². The Morgan fingerprint density at radius 1 is 1.19 bits per heavy atom. The Balaban J connectivity index is 2.05. The van der Waals surface area contributed by atoms with E-state index in [2.05, 4.69) is 36.2 Å². The minimum atomic E-state index is 0.237. The summed E-state index contributed by atoms with van der Waals surface area (Å²) in [6, 6.07) is 6.03. The first kappa shape index (κ1) is 15.8. The summed E-state index contributed by atoms with van der Waals surface area (Å²) in [6.07, 6.45) is 3.05. The van der Waals surface area contributed by atoms with Crippen molar-refractivity contribution in [3.63, 3.8) is 0 Å². The Labute approximate surface area is 125 Å². The number of fused-ring (bicyclic) bond motifs is 1. The van der Waals surface area contributed by atoms with Crippen LogP contribution in [0.1, 0.15) is 5.56 Å². The average molecular weight is 292 g/mol. The highest BCUT2D eigenvalue weighted by Crippen LogP contribution is 2.29. The molecule has 2 aromatic rings. The molecule has 0 saturated heterocycles. The van der Waals surface area contributed by atoms with E-state index in [1.807, 2.05) is 12.1 Å². The van der Waals surface area contributed by atoms with Crippen LogP contribution in [0.2, 0.25) is 0 Å². The number of H-pyrrole nitrogens is 1. The third-order valence-electron chi connectivity index (χ3n) is 3.31. The summed E-state index contributed by atoms with van der Waals surface area (Å²) in [5.74, 6) is 0.861. The number of nitrogens with one attached hydrogen (secondary N) is 1. The first-order valence-electron chi connectivity index (χ1n) is 7.15. The molecule has 1 heterocycles. The molecular formula is C16H24N2O3. The summed E-state index contributed by atoms with van der Waals surface area (Å²) in [6.45, 7) is 2.35. The monoisotopic (exact) mass is 292 g/mol. The van der Waals surface area contributed by atoms with E-state index in [0.717, 1.165) is 29.6 Å². The molecule has 0 aliphatic carbocycles. The zero-order valence-corrected chi connectivity index (χ0v) is 13.0. The molecule has 0 fully saturated rings. The first-order chi connectivity index (χ1) is 10.2. The SMILES string of the molecule is COCCOCOc1cccc2[nH]cc(CCN(C)C)c12. The predicted molar refractivity (Wildman–Crippen MR) is 83.9 cm³/mol. The van der Waals surface area contributed by atoms with Crippen molar-refractivity contribution < 1.29 is 14.2 Å². The quantitative estimate of drug-likeness (QED) is 0.569. The lowest BCUT2D eigenvalue weighted by Crippen LogP contribution is -2.15. The van der Waals surface area contributed by atoms with Crippen LogP contribution in [0.5, 0.6) is 5.75 Å². The minimum Gasteiger partial charge on any atom is -0.467 e. The van der Waals surface area contributed by atoms with E-state index in [0.29, 0.717) is 13.2 Å². The molecule has 1 aromatic heterocycles. The van der Waals surface area contributed by atoms with Crippen molar-refractivity contribution in [2.45, 2.75) is 6.42 Å². The number of aromatic nitrogens is 1. The van der Waals surface area contributed by atoms with Gasteiger partial charge < -0.3 is 24.1 Å². The van der Waals surface area contributed by atoms with Gasteiger partial charge in [0.15, 0.2) is 6.79 Å². The standard InChI is InChI=1S/C16H24N2O3/c1-18(2)8-7-13-11-17-14-5-4-6-15(16(13)14)21-12-20-10-9-19-3/h4-6,11,17H,7-10,12H2,1-3H3. The van der Waals surface area contributed by atoms with Crippen LogP contribution in [0.4, 0.5) is 0 Å². The van der Waals surface area contributed by atoms with Gasteiger partial charge in [0, 0.05) is 30.8 Å². The van der Waals surface area contributed by atoms with E-state index in [-0.39, 0.29) is 6.79 Å². The number of aromatic amines is 1. The molecule has 0 saturated carbocycles. The lowest BCUT2D eigenvalue weighted by Gasteiger charge is -2.11. The Morgan fingerprint density at radius 2 is 2.05 bits per heavy atom. The highest BCUT2D eigenvalue weighted by molar-refractivity contribution is 5.89. The Bertz CT molecular complexity index is 551.